The van der Waals surface area contributed by atoms with Gasteiger partial charge in [0.1, 0.15) is 5.75 Å². The van der Waals surface area contributed by atoms with Crippen molar-refractivity contribution in [2.24, 2.45) is 0 Å². The van der Waals surface area contributed by atoms with Crippen molar-refractivity contribution in [2.45, 2.75) is 13.3 Å². The lowest BCUT2D eigenvalue weighted by Crippen LogP contribution is -2.20. The van der Waals surface area contributed by atoms with Crippen molar-refractivity contribution in [2.75, 3.05) is 13.2 Å². The summed E-state index contributed by atoms with van der Waals surface area (Å²) in [4.78, 5) is 21.1. The largest absolute Gasteiger partial charge is 0.481 e. The summed E-state index contributed by atoms with van der Waals surface area (Å²) in [6.45, 7) is 1.68. The van der Waals surface area contributed by atoms with Crippen molar-refractivity contribution < 1.29 is 19.4 Å². The second-order valence-electron chi connectivity index (χ2n) is 3.89. The zero-order valence-corrected chi connectivity index (χ0v) is 10.8. The molecule has 0 atom stereocenters. The second-order valence-corrected chi connectivity index (χ2v) is 3.89. The number of nitrogens with one attached hydrogen (secondary N) is 1. The van der Waals surface area contributed by atoms with Gasteiger partial charge in [-0.2, -0.15) is 0 Å². The average molecular weight is 263 g/mol. The van der Waals surface area contributed by atoms with Crippen LogP contribution in [0.25, 0.3) is 6.08 Å². The molecule has 1 rings (SSSR count). The Morgan fingerprint density at radius 3 is 2.79 bits per heavy atom. The molecule has 0 saturated carbocycles. The van der Waals surface area contributed by atoms with Gasteiger partial charge in [0.2, 0.25) is 5.91 Å². The lowest BCUT2D eigenvalue weighted by molar-refractivity contribution is -0.139. The second kappa shape index (κ2) is 7.92. The predicted octanol–water partition coefficient (Wildman–Crippen LogP) is 1.69. The number of carboxylic acid groups (broad SMARTS) is 1. The van der Waals surface area contributed by atoms with Crippen LogP contribution in [0.5, 0.6) is 5.75 Å². The van der Waals surface area contributed by atoms with Crippen LogP contribution in [0.15, 0.2) is 30.3 Å². The molecule has 102 valence electrons. The number of hydrogen-bond acceptors (Lipinski definition) is 3. The summed E-state index contributed by atoms with van der Waals surface area (Å²) >= 11 is 0. The van der Waals surface area contributed by atoms with Crippen LogP contribution in [-0.4, -0.2) is 30.1 Å². The minimum Gasteiger partial charge on any atom is -0.481 e. The molecule has 0 unspecified atom stereocenters. The number of aliphatic carboxylic acids is 1. The number of ether oxygens (including phenoxy) is 1. The SMILES string of the molecule is CC(=O)NCCC=Cc1ccccc1OCC(=O)O. The Hall–Kier alpha value is -2.30. The highest BCUT2D eigenvalue weighted by Crippen LogP contribution is 2.19. The normalized spacial score (nSPS) is 10.4. The summed E-state index contributed by atoms with van der Waals surface area (Å²) < 4.78 is 5.17. The first-order valence-corrected chi connectivity index (χ1v) is 5.94. The molecular weight excluding hydrogens is 246 g/mol. The summed E-state index contributed by atoms with van der Waals surface area (Å²) in [5.74, 6) is -0.538. The van der Waals surface area contributed by atoms with Gasteiger partial charge in [0.05, 0.1) is 0 Å². The summed E-state index contributed by atoms with van der Waals surface area (Å²) in [5.41, 5.74) is 0.812. The average Bonchev–Trinajstić information content (AvgIpc) is 2.36. The predicted molar refractivity (Wildman–Crippen MR) is 71.9 cm³/mol. The van der Waals surface area contributed by atoms with Gasteiger partial charge in [-0.3, -0.25) is 4.79 Å². The highest BCUT2D eigenvalue weighted by atomic mass is 16.5. The Morgan fingerprint density at radius 2 is 2.11 bits per heavy atom. The number of carbonyl (C=O) groups is 2. The Bertz CT molecular complexity index is 468. The van der Waals surface area contributed by atoms with Gasteiger partial charge in [0.15, 0.2) is 6.61 Å². The maximum absolute atomic E-state index is 10.7. The molecular formula is C14H17NO4. The first kappa shape index (κ1) is 14.8. The molecule has 0 aliphatic heterocycles. The fourth-order valence-corrected chi connectivity index (χ4v) is 1.43. The molecule has 1 aromatic carbocycles. The van der Waals surface area contributed by atoms with Gasteiger partial charge >= 0.3 is 5.97 Å². The minimum absolute atomic E-state index is 0.0569. The van der Waals surface area contributed by atoms with Crippen LogP contribution in [0.1, 0.15) is 18.9 Å². The molecule has 0 aliphatic rings. The van der Waals surface area contributed by atoms with Crippen molar-refractivity contribution in [3.8, 4) is 5.75 Å². The van der Waals surface area contributed by atoms with Gasteiger partial charge in [0.25, 0.3) is 0 Å². The molecule has 0 heterocycles. The maximum Gasteiger partial charge on any atom is 0.341 e. The Kier molecular flexibility index (Phi) is 6.15. The van der Waals surface area contributed by atoms with E-state index < -0.39 is 5.97 Å². The van der Waals surface area contributed by atoms with Crippen LogP contribution in [0.3, 0.4) is 0 Å². The molecule has 0 saturated heterocycles. The summed E-state index contributed by atoms with van der Waals surface area (Å²) in [5, 5.41) is 11.3. The van der Waals surface area contributed by atoms with E-state index in [0.29, 0.717) is 18.7 Å². The van der Waals surface area contributed by atoms with E-state index in [-0.39, 0.29) is 12.5 Å². The summed E-state index contributed by atoms with van der Waals surface area (Å²) in [7, 11) is 0. The fraction of sp³-hybridized carbons (Fsp3) is 0.286. The van der Waals surface area contributed by atoms with Crippen molar-refractivity contribution in [3.05, 3.63) is 35.9 Å². The number of para-hydroxylation sites is 1. The highest BCUT2D eigenvalue weighted by molar-refractivity contribution is 5.72. The van der Waals surface area contributed by atoms with E-state index in [4.69, 9.17) is 9.84 Å². The molecule has 0 bridgehead atoms. The van der Waals surface area contributed by atoms with E-state index in [9.17, 15) is 9.59 Å². The van der Waals surface area contributed by atoms with Gasteiger partial charge in [-0.15, -0.1) is 0 Å². The van der Waals surface area contributed by atoms with Crippen LogP contribution in [0, 0.1) is 0 Å². The van der Waals surface area contributed by atoms with Gasteiger partial charge in [-0.1, -0.05) is 30.4 Å². The lowest BCUT2D eigenvalue weighted by Gasteiger charge is -2.06. The fourth-order valence-electron chi connectivity index (χ4n) is 1.43. The number of benzene rings is 1. The number of carbonyl (C=O) groups excluding carboxylic acids is 1. The van der Waals surface area contributed by atoms with Crippen LogP contribution in [0.2, 0.25) is 0 Å². The molecule has 0 aromatic heterocycles. The molecule has 5 nitrogen and oxygen atoms in total. The van der Waals surface area contributed by atoms with Gasteiger partial charge in [0, 0.05) is 19.0 Å². The smallest absolute Gasteiger partial charge is 0.341 e. The molecule has 2 N–H and O–H groups in total. The van der Waals surface area contributed by atoms with Crippen LogP contribution >= 0.6 is 0 Å². The zero-order valence-electron chi connectivity index (χ0n) is 10.8. The van der Waals surface area contributed by atoms with Gasteiger partial charge < -0.3 is 15.2 Å². The monoisotopic (exact) mass is 263 g/mol. The minimum atomic E-state index is -1.01. The Labute approximate surface area is 111 Å². The van der Waals surface area contributed by atoms with Gasteiger partial charge in [-0.25, -0.2) is 4.79 Å². The number of rotatable bonds is 7. The van der Waals surface area contributed by atoms with Crippen molar-refractivity contribution in [1.82, 2.24) is 5.32 Å². The lowest BCUT2D eigenvalue weighted by atomic mass is 10.2. The van der Waals surface area contributed by atoms with Crippen LogP contribution in [0.4, 0.5) is 0 Å². The number of amides is 1. The van der Waals surface area contributed by atoms with E-state index in [1.54, 1.807) is 12.1 Å². The van der Waals surface area contributed by atoms with E-state index in [1.807, 2.05) is 24.3 Å². The van der Waals surface area contributed by atoms with Crippen molar-refractivity contribution >= 4 is 18.0 Å². The molecule has 0 fully saturated rings. The van der Waals surface area contributed by atoms with Crippen molar-refractivity contribution in [3.63, 3.8) is 0 Å². The molecule has 1 aromatic rings. The number of carboxylic acids is 1. The topological polar surface area (TPSA) is 75.6 Å². The van der Waals surface area contributed by atoms with Crippen LogP contribution in [-0.2, 0) is 9.59 Å². The molecule has 19 heavy (non-hydrogen) atoms. The van der Waals surface area contributed by atoms with Crippen molar-refractivity contribution in [1.29, 1.82) is 0 Å². The van der Waals surface area contributed by atoms with E-state index in [1.165, 1.54) is 6.92 Å². The summed E-state index contributed by atoms with van der Waals surface area (Å²) in [6, 6.07) is 7.19. The standard InChI is InChI=1S/C14H17NO4/c1-11(16)15-9-5-4-7-12-6-2-3-8-13(12)19-10-14(17)18/h2-4,6-8H,5,9-10H2,1H3,(H,15,16)(H,17,18). The Morgan fingerprint density at radius 1 is 1.37 bits per heavy atom. The molecule has 0 radical (unpaired) electrons. The first-order valence-electron chi connectivity index (χ1n) is 5.94. The molecule has 1 amide bonds. The number of hydrogen-bond donors (Lipinski definition) is 2. The quantitative estimate of drug-likeness (QED) is 0.734. The highest BCUT2D eigenvalue weighted by Gasteiger charge is 2.02. The first-order chi connectivity index (χ1) is 9.09. The van der Waals surface area contributed by atoms with E-state index >= 15 is 0 Å². The molecule has 5 heteroatoms. The molecule has 0 aliphatic carbocycles. The van der Waals surface area contributed by atoms with Crippen LogP contribution < -0.4 is 10.1 Å². The van der Waals surface area contributed by atoms with E-state index in [2.05, 4.69) is 5.32 Å². The zero-order chi connectivity index (χ0) is 14.1. The van der Waals surface area contributed by atoms with Gasteiger partial charge in [-0.05, 0) is 12.5 Å². The van der Waals surface area contributed by atoms with E-state index in [0.717, 1.165) is 5.56 Å². The molecule has 0 spiro atoms. The third-order valence-electron chi connectivity index (χ3n) is 2.25. The third kappa shape index (κ3) is 6.26. The Balaban J connectivity index is 2.54. The third-order valence-corrected chi connectivity index (χ3v) is 2.25. The summed E-state index contributed by atoms with van der Waals surface area (Å²) in [6.07, 6.45) is 4.45. The maximum atomic E-state index is 10.7.